The first kappa shape index (κ1) is 13.9. The van der Waals surface area contributed by atoms with E-state index in [0.29, 0.717) is 0 Å². The molecule has 19 heavy (non-hydrogen) atoms. The van der Waals surface area contributed by atoms with Crippen molar-refractivity contribution in [1.82, 2.24) is 10.2 Å². The highest BCUT2D eigenvalue weighted by atomic mass is 15.3. The molecule has 2 rings (SSSR count). The van der Waals surface area contributed by atoms with Crippen LogP contribution in [-0.2, 0) is 6.42 Å². The molecule has 1 fully saturated rings. The number of nitrogens with one attached hydrogen (secondary N) is 1. The first-order valence-corrected chi connectivity index (χ1v) is 7.47. The van der Waals surface area contributed by atoms with Gasteiger partial charge in [0.05, 0.1) is 0 Å². The summed E-state index contributed by atoms with van der Waals surface area (Å²) < 4.78 is 0. The van der Waals surface area contributed by atoms with Gasteiger partial charge in [-0.25, -0.2) is 0 Å². The molecular weight excluding hydrogens is 234 g/mol. The smallest absolute Gasteiger partial charge is 0.193 e. The van der Waals surface area contributed by atoms with Gasteiger partial charge in [0.2, 0.25) is 0 Å². The lowest BCUT2D eigenvalue weighted by atomic mass is 10.1. The Kier molecular flexibility index (Phi) is 5.73. The van der Waals surface area contributed by atoms with Crippen molar-refractivity contribution in [3.63, 3.8) is 0 Å². The monoisotopic (exact) mass is 259 g/mol. The van der Waals surface area contributed by atoms with Crippen molar-refractivity contribution in [3.05, 3.63) is 35.9 Å². The molecule has 0 spiro atoms. The molecule has 1 aliphatic rings. The summed E-state index contributed by atoms with van der Waals surface area (Å²) in [5, 5.41) is 3.40. The summed E-state index contributed by atoms with van der Waals surface area (Å²) in [6, 6.07) is 10.7. The first-order chi connectivity index (χ1) is 9.40. The Bertz CT molecular complexity index is 380. The van der Waals surface area contributed by atoms with Gasteiger partial charge < -0.3 is 10.2 Å². The minimum Gasteiger partial charge on any atom is -0.357 e. The fraction of sp³-hybridized carbons (Fsp3) is 0.562. The molecule has 0 radical (unpaired) electrons. The van der Waals surface area contributed by atoms with Gasteiger partial charge in [-0.2, -0.15) is 0 Å². The second-order valence-electron chi connectivity index (χ2n) is 5.02. The maximum atomic E-state index is 4.74. The highest BCUT2D eigenvalue weighted by molar-refractivity contribution is 5.80. The zero-order valence-electron chi connectivity index (χ0n) is 11.9. The number of guanidine groups is 1. The van der Waals surface area contributed by atoms with Crippen molar-refractivity contribution in [2.75, 3.05) is 26.2 Å². The zero-order chi connectivity index (χ0) is 13.3. The molecule has 1 aliphatic heterocycles. The minimum atomic E-state index is 0.910. The van der Waals surface area contributed by atoms with Crippen LogP contribution in [0.5, 0.6) is 0 Å². The lowest BCUT2D eigenvalue weighted by Gasteiger charge is -2.20. The summed E-state index contributed by atoms with van der Waals surface area (Å²) >= 11 is 0. The van der Waals surface area contributed by atoms with Crippen molar-refractivity contribution in [3.8, 4) is 0 Å². The number of likely N-dealkylation sites (tertiary alicyclic amines) is 1. The molecule has 1 aromatic carbocycles. The van der Waals surface area contributed by atoms with E-state index in [1.807, 2.05) is 0 Å². The molecule has 1 saturated heterocycles. The normalized spacial score (nSPS) is 15.8. The van der Waals surface area contributed by atoms with Crippen LogP contribution in [0.15, 0.2) is 35.3 Å². The van der Waals surface area contributed by atoms with Crippen molar-refractivity contribution >= 4 is 5.96 Å². The number of nitrogens with zero attached hydrogens (tertiary/aromatic N) is 2. The Morgan fingerprint density at radius 1 is 1.21 bits per heavy atom. The molecular formula is C16H25N3. The molecule has 0 aliphatic carbocycles. The number of aryl methyl sites for hydroxylation is 1. The van der Waals surface area contributed by atoms with Gasteiger partial charge in [-0.15, -0.1) is 0 Å². The van der Waals surface area contributed by atoms with E-state index in [2.05, 4.69) is 47.5 Å². The van der Waals surface area contributed by atoms with Crippen LogP contribution < -0.4 is 5.32 Å². The largest absolute Gasteiger partial charge is 0.357 e. The lowest BCUT2D eigenvalue weighted by molar-refractivity contribution is 0.493. The van der Waals surface area contributed by atoms with Crippen LogP contribution in [-0.4, -0.2) is 37.0 Å². The summed E-state index contributed by atoms with van der Waals surface area (Å²) in [5.74, 6) is 1.10. The third kappa shape index (κ3) is 4.58. The first-order valence-electron chi connectivity index (χ1n) is 7.47. The molecule has 104 valence electrons. The van der Waals surface area contributed by atoms with Gasteiger partial charge in [0, 0.05) is 26.2 Å². The second kappa shape index (κ2) is 7.82. The van der Waals surface area contributed by atoms with E-state index in [1.165, 1.54) is 18.4 Å². The Morgan fingerprint density at radius 3 is 2.63 bits per heavy atom. The Morgan fingerprint density at radius 2 is 1.95 bits per heavy atom. The van der Waals surface area contributed by atoms with E-state index in [1.54, 1.807) is 0 Å². The summed E-state index contributed by atoms with van der Waals surface area (Å²) in [5.41, 5.74) is 1.41. The van der Waals surface area contributed by atoms with Crippen molar-refractivity contribution in [2.24, 2.45) is 4.99 Å². The van der Waals surface area contributed by atoms with Gasteiger partial charge in [-0.1, -0.05) is 30.3 Å². The molecule has 1 N–H and O–H groups in total. The molecule has 0 amide bonds. The highest BCUT2D eigenvalue weighted by Crippen LogP contribution is 2.08. The fourth-order valence-electron chi connectivity index (χ4n) is 2.47. The van der Waals surface area contributed by atoms with E-state index >= 15 is 0 Å². The SMILES string of the molecule is CCNC(=NCCCc1ccccc1)N1CCCC1. The van der Waals surface area contributed by atoms with Crippen molar-refractivity contribution in [1.29, 1.82) is 0 Å². The Hall–Kier alpha value is -1.51. The molecule has 0 aromatic heterocycles. The van der Waals surface area contributed by atoms with Crippen LogP contribution in [0.25, 0.3) is 0 Å². The Balaban J connectivity index is 1.78. The molecule has 1 heterocycles. The molecule has 0 atom stereocenters. The summed E-state index contributed by atoms with van der Waals surface area (Å²) in [6.45, 7) is 6.31. The number of hydrogen-bond donors (Lipinski definition) is 1. The van der Waals surface area contributed by atoms with Gasteiger partial charge in [0.15, 0.2) is 5.96 Å². The van der Waals surface area contributed by atoms with Crippen LogP contribution in [0.1, 0.15) is 31.7 Å². The third-order valence-electron chi connectivity index (χ3n) is 3.47. The van der Waals surface area contributed by atoms with E-state index in [0.717, 1.165) is 45.0 Å². The van der Waals surface area contributed by atoms with Gasteiger partial charge in [-0.3, -0.25) is 4.99 Å². The average Bonchev–Trinajstić information content (AvgIpc) is 2.97. The quantitative estimate of drug-likeness (QED) is 0.500. The summed E-state index contributed by atoms with van der Waals surface area (Å²) in [7, 11) is 0. The van der Waals surface area contributed by atoms with Crippen LogP contribution in [0.3, 0.4) is 0 Å². The standard InChI is InChI=1S/C16H25N3/c1-2-17-16(19-13-6-7-14-19)18-12-8-11-15-9-4-3-5-10-15/h3-5,9-10H,2,6-8,11-14H2,1H3,(H,17,18). The average molecular weight is 259 g/mol. The fourth-order valence-corrected chi connectivity index (χ4v) is 2.47. The van der Waals surface area contributed by atoms with Gasteiger partial charge in [0.1, 0.15) is 0 Å². The maximum Gasteiger partial charge on any atom is 0.193 e. The molecule has 0 saturated carbocycles. The topological polar surface area (TPSA) is 27.6 Å². The predicted molar refractivity (Wildman–Crippen MR) is 81.5 cm³/mol. The molecule has 0 unspecified atom stereocenters. The van der Waals surface area contributed by atoms with Crippen LogP contribution in [0.2, 0.25) is 0 Å². The number of aliphatic imine (C=N–C) groups is 1. The summed E-state index contributed by atoms with van der Waals surface area (Å²) in [6.07, 6.45) is 4.83. The Labute approximate surface area is 116 Å². The van der Waals surface area contributed by atoms with Crippen molar-refractivity contribution < 1.29 is 0 Å². The molecule has 3 heteroatoms. The highest BCUT2D eigenvalue weighted by Gasteiger charge is 2.14. The van der Waals surface area contributed by atoms with Gasteiger partial charge in [0.25, 0.3) is 0 Å². The van der Waals surface area contributed by atoms with E-state index in [4.69, 9.17) is 4.99 Å². The van der Waals surface area contributed by atoms with E-state index in [9.17, 15) is 0 Å². The van der Waals surface area contributed by atoms with Crippen molar-refractivity contribution in [2.45, 2.75) is 32.6 Å². The molecule has 0 bridgehead atoms. The minimum absolute atomic E-state index is 0.910. The van der Waals surface area contributed by atoms with Gasteiger partial charge >= 0.3 is 0 Å². The second-order valence-corrected chi connectivity index (χ2v) is 5.02. The van der Waals surface area contributed by atoms with Crippen LogP contribution in [0, 0.1) is 0 Å². The van der Waals surface area contributed by atoms with Crippen LogP contribution >= 0.6 is 0 Å². The maximum absolute atomic E-state index is 4.74. The van der Waals surface area contributed by atoms with Crippen LogP contribution in [0.4, 0.5) is 0 Å². The van der Waals surface area contributed by atoms with E-state index < -0.39 is 0 Å². The molecule has 3 nitrogen and oxygen atoms in total. The van der Waals surface area contributed by atoms with E-state index in [-0.39, 0.29) is 0 Å². The predicted octanol–water partition coefficient (Wildman–Crippen LogP) is 2.68. The molecule has 1 aromatic rings. The number of hydrogen-bond acceptors (Lipinski definition) is 1. The lowest BCUT2D eigenvalue weighted by Crippen LogP contribution is -2.39. The third-order valence-corrected chi connectivity index (χ3v) is 3.47. The number of benzene rings is 1. The summed E-state index contributed by atoms with van der Waals surface area (Å²) in [4.78, 5) is 7.12. The van der Waals surface area contributed by atoms with Gasteiger partial charge in [-0.05, 0) is 38.2 Å². The number of rotatable bonds is 5. The zero-order valence-corrected chi connectivity index (χ0v) is 11.9.